The van der Waals surface area contributed by atoms with Crippen molar-refractivity contribution in [1.29, 1.82) is 0 Å². The lowest BCUT2D eigenvalue weighted by atomic mass is 10.2. The maximum absolute atomic E-state index is 13.0. The van der Waals surface area contributed by atoms with Gasteiger partial charge in [-0.15, -0.1) is 0 Å². The zero-order valence-corrected chi connectivity index (χ0v) is 16.1. The molecule has 0 atom stereocenters. The second-order valence-corrected chi connectivity index (χ2v) is 7.05. The van der Waals surface area contributed by atoms with E-state index in [1.54, 1.807) is 50.2 Å². The zero-order chi connectivity index (χ0) is 19.8. The van der Waals surface area contributed by atoms with Crippen LogP contribution in [-0.2, 0) is 6.54 Å². The Morgan fingerprint density at radius 2 is 1.79 bits per heavy atom. The average Bonchev–Trinajstić information content (AvgIpc) is 3.14. The van der Waals surface area contributed by atoms with Gasteiger partial charge in [0.1, 0.15) is 6.54 Å². The molecule has 0 radical (unpaired) electrons. The lowest BCUT2D eigenvalue weighted by Crippen LogP contribution is -2.41. The molecule has 0 saturated carbocycles. The lowest BCUT2D eigenvalue weighted by Gasteiger charge is -2.14. The first-order valence-electron chi connectivity index (χ1n) is 8.79. The molecule has 4 aromatic rings. The standard InChI is InChI=1S/C20H17ClN4O3/c1-12(2)25-19(26)14-8-4-6-10-16(14)24(20(25)27)11-17-22-18(23-28-17)13-7-3-5-9-15(13)21/h3-10,12H,11H2,1-2H3. The predicted octanol–water partition coefficient (Wildman–Crippen LogP) is 3.50. The largest absolute Gasteiger partial charge is 0.337 e. The summed E-state index contributed by atoms with van der Waals surface area (Å²) in [5, 5.41) is 4.94. The van der Waals surface area contributed by atoms with Crippen molar-refractivity contribution in [1.82, 2.24) is 19.3 Å². The second-order valence-electron chi connectivity index (χ2n) is 6.65. The summed E-state index contributed by atoms with van der Waals surface area (Å²) in [5.41, 5.74) is 0.431. The molecule has 2 aromatic heterocycles. The van der Waals surface area contributed by atoms with E-state index in [4.69, 9.17) is 16.1 Å². The van der Waals surface area contributed by atoms with Crippen LogP contribution in [0.5, 0.6) is 0 Å². The summed E-state index contributed by atoms with van der Waals surface area (Å²) in [6.45, 7) is 3.64. The van der Waals surface area contributed by atoms with Crippen LogP contribution in [0, 0.1) is 0 Å². The minimum absolute atomic E-state index is 0.0454. The average molecular weight is 397 g/mol. The summed E-state index contributed by atoms with van der Waals surface area (Å²) in [7, 11) is 0. The van der Waals surface area contributed by atoms with Crippen molar-refractivity contribution >= 4 is 22.5 Å². The molecule has 2 heterocycles. The fourth-order valence-electron chi connectivity index (χ4n) is 3.15. The Hall–Kier alpha value is -3.19. The van der Waals surface area contributed by atoms with Gasteiger partial charge in [0.25, 0.3) is 5.56 Å². The number of halogens is 1. The van der Waals surface area contributed by atoms with E-state index in [2.05, 4.69) is 10.1 Å². The quantitative estimate of drug-likeness (QED) is 0.527. The normalized spacial score (nSPS) is 11.4. The topological polar surface area (TPSA) is 82.9 Å². The molecule has 0 saturated heterocycles. The van der Waals surface area contributed by atoms with Crippen LogP contribution < -0.4 is 11.2 Å². The van der Waals surface area contributed by atoms with E-state index in [0.29, 0.717) is 27.3 Å². The van der Waals surface area contributed by atoms with Gasteiger partial charge in [0.15, 0.2) is 0 Å². The van der Waals surface area contributed by atoms with Crippen LogP contribution >= 0.6 is 11.6 Å². The molecule has 0 fully saturated rings. The monoisotopic (exact) mass is 396 g/mol. The van der Waals surface area contributed by atoms with E-state index in [1.165, 1.54) is 9.13 Å². The molecular formula is C20H17ClN4O3. The Bertz CT molecular complexity index is 1290. The summed E-state index contributed by atoms with van der Waals surface area (Å²) in [5.74, 6) is 0.589. The number of para-hydroxylation sites is 1. The molecular weight excluding hydrogens is 380 g/mol. The first-order valence-corrected chi connectivity index (χ1v) is 9.16. The molecule has 7 nitrogen and oxygen atoms in total. The summed E-state index contributed by atoms with van der Waals surface area (Å²) in [6, 6.07) is 13.9. The minimum atomic E-state index is -0.420. The van der Waals surface area contributed by atoms with Crippen LogP contribution in [0.25, 0.3) is 22.3 Å². The van der Waals surface area contributed by atoms with E-state index in [9.17, 15) is 9.59 Å². The number of hydrogen-bond acceptors (Lipinski definition) is 5. The lowest BCUT2D eigenvalue weighted by molar-refractivity contribution is 0.368. The molecule has 0 amide bonds. The predicted molar refractivity (Wildman–Crippen MR) is 107 cm³/mol. The first kappa shape index (κ1) is 18.2. The van der Waals surface area contributed by atoms with Crippen molar-refractivity contribution in [2.24, 2.45) is 0 Å². The van der Waals surface area contributed by atoms with Gasteiger partial charge in [-0.05, 0) is 38.1 Å². The number of hydrogen-bond donors (Lipinski definition) is 0. The van der Waals surface area contributed by atoms with Gasteiger partial charge in [-0.3, -0.25) is 13.9 Å². The Balaban J connectivity index is 1.84. The van der Waals surface area contributed by atoms with Crippen molar-refractivity contribution in [2.45, 2.75) is 26.4 Å². The fourth-order valence-corrected chi connectivity index (χ4v) is 3.37. The van der Waals surface area contributed by atoms with E-state index in [1.807, 2.05) is 12.1 Å². The summed E-state index contributed by atoms with van der Waals surface area (Å²) >= 11 is 6.19. The van der Waals surface area contributed by atoms with E-state index >= 15 is 0 Å². The highest BCUT2D eigenvalue weighted by molar-refractivity contribution is 6.33. The molecule has 0 N–H and O–H groups in total. The van der Waals surface area contributed by atoms with Gasteiger partial charge in [0.2, 0.25) is 11.7 Å². The van der Waals surface area contributed by atoms with Gasteiger partial charge < -0.3 is 4.52 Å². The Morgan fingerprint density at radius 1 is 1.07 bits per heavy atom. The van der Waals surface area contributed by atoms with Crippen molar-refractivity contribution < 1.29 is 4.52 Å². The molecule has 0 spiro atoms. The van der Waals surface area contributed by atoms with E-state index in [0.717, 1.165) is 0 Å². The molecule has 0 bridgehead atoms. The van der Waals surface area contributed by atoms with Gasteiger partial charge >= 0.3 is 5.69 Å². The van der Waals surface area contributed by atoms with Crippen molar-refractivity contribution in [3.63, 3.8) is 0 Å². The highest BCUT2D eigenvalue weighted by Gasteiger charge is 2.18. The number of fused-ring (bicyclic) bond motifs is 1. The molecule has 0 aliphatic carbocycles. The minimum Gasteiger partial charge on any atom is -0.337 e. The molecule has 142 valence electrons. The van der Waals surface area contributed by atoms with Gasteiger partial charge in [-0.1, -0.05) is 41.0 Å². The molecule has 8 heteroatoms. The van der Waals surface area contributed by atoms with Crippen molar-refractivity contribution in [3.8, 4) is 11.4 Å². The maximum Gasteiger partial charge on any atom is 0.332 e. The molecule has 0 aliphatic rings. The smallest absolute Gasteiger partial charge is 0.332 e. The SMILES string of the molecule is CC(C)n1c(=O)c2ccccc2n(Cc2nc(-c3ccccc3Cl)no2)c1=O. The van der Waals surface area contributed by atoms with Crippen LogP contribution in [0.2, 0.25) is 5.02 Å². The van der Waals surface area contributed by atoms with E-state index in [-0.39, 0.29) is 24.0 Å². The molecule has 28 heavy (non-hydrogen) atoms. The third-order valence-corrected chi connectivity index (χ3v) is 4.80. The van der Waals surface area contributed by atoms with Crippen LogP contribution in [0.4, 0.5) is 0 Å². The number of rotatable bonds is 4. The van der Waals surface area contributed by atoms with Crippen LogP contribution in [0.3, 0.4) is 0 Å². The van der Waals surface area contributed by atoms with Gasteiger partial charge in [0, 0.05) is 11.6 Å². The number of aromatic nitrogens is 4. The van der Waals surface area contributed by atoms with Gasteiger partial charge in [-0.2, -0.15) is 4.98 Å². The molecule has 4 rings (SSSR count). The Kier molecular flexibility index (Phi) is 4.60. The number of nitrogens with zero attached hydrogens (tertiary/aromatic N) is 4. The summed E-state index contributed by atoms with van der Waals surface area (Å²) < 4.78 is 8.05. The van der Waals surface area contributed by atoms with Gasteiger partial charge in [-0.25, -0.2) is 4.79 Å². The fraction of sp³-hybridized carbons (Fsp3) is 0.200. The highest BCUT2D eigenvalue weighted by atomic mass is 35.5. The second kappa shape index (κ2) is 7.09. The van der Waals surface area contributed by atoms with E-state index < -0.39 is 5.69 Å². The van der Waals surface area contributed by atoms with Crippen molar-refractivity contribution in [3.05, 3.63) is 80.3 Å². The third kappa shape index (κ3) is 3.03. The molecule has 2 aromatic carbocycles. The van der Waals surface area contributed by atoms with Crippen LogP contribution in [0.15, 0.2) is 62.6 Å². The van der Waals surface area contributed by atoms with Gasteiger partial charge in [0.05, 0.1) is 15.9 Å². The summed E-state index contributed by atoms with van der Waals surface area (Å²) in [4.78, 5) is 30.1. The highest BCUT2D eigenvalue weighted by Crippen LogP contribution is 2.25. The zero-order valence-electron chi connectivity index (χ0n) is 15.3. The van der Waals surface area contributed by atoms with Crippen molar-refractivity contribution in [2.75, 3.05) is 0 Å². The summed E-state index contributed by atoms with van der Waals surface area (Å²) in [6.07, 6.45) is 0. The number of benzene rings is 2. The maximum atomic E-state index is 13.0. The molecule has 0 aliphatic heterocycles. The first-order chi connectivity index (χ1) is 13.5. The Labute approximate surface area is 164 Å². The van der Waals surface area contributed by atoms with Crippen LogP contribution in [-0.4, -0.2) is 19.3 Å². The Morgan fingerprint density at radius 3 is 2.54 bits per heavy atom. The molecule has 0 unspecified atom stereocenters. The third-order valence-electron chi connectivity index (χ3n) is 4.47. The van der Waals surface area contributed by atoms with Crippen LogP contribution in [0.1, 0.15) is 25.8 Å².